The lowest BCUT2D eigenvalue weighted by atomic mass is 9.84. The van der Waals surface area contributed by atoms with Crippen molar-refractivity contribution in [3.8, 4) is 0 Å². The van der Waals surface area contributed by atoms with Crippen LogP contribution in [0.5, 0.6) is 0 Å². The Morgan fingerprint density at radius 3 is 1.91 bits per heavy atom. The first kappa shape index (κ1) is 20.1. The molecule has 0 unspecified atom stereocenters. The van der Waals surface area contributed by atoms with E-state index < -0.39 is 11.9 Å². The van der Waals surface area contributed by atoms with E-state index in [1.807, 2.05) is 18.2 Å². The third-order valence-corrected chi connectivity index (χ3v) is 2.51. The van der Waals surface area contributed by atoms with E-state index in [-0.39, 0.29) is 11.4 Å². The molecule has 124 valence electrons. The molecule has 0 aliphatic carbocycles. The molecule has 1 aromatic carbocycles. The van der Waals surface area contributed by atoms with Crippen LogP contribution in [0.15, 0.2) is 49.3 Å². The van der Waals surface area contributed by atoms with Crippen molar-refractivity contribution in [2.24, 2.45) is 0 Å². The van der Waals surface area contributed by atoms with Crippen LogP contribution in [0, 0.1) is 0 Å². The maximum atomic E-state index is 11.6. The highest BCUT2D eigenvalue weighted by atomic mass is 16.5. The Labute approximate surface area is 134 Å². The Morgan fingerprint density at radius 1 is 1.04 bits per heavy atom. The van der Waals surface area contributed by atoms with Crippen molar-refractivity contribution in [2.45, 2.75) is 26.2 Å². The predicted molar refractivity (Wildman–Crippen MR) is 85.2 cm³/mol. The van der Waals surface area contributed by atoms with E-state index >= 15 is 0 Å². The Kier molecular flexibility index (Phi) is 8.04. The minimum absolute atomic E-state index is 0.0726. The molecule has 0 aromatic heterocycles. The van der Waals surface area contributed by atoms with Gasteiger partial charge in [0, 0.05) is 12.2 Å². The molecule has 0 bridgehead atoms. The third-order valence-electron chi connectivity index (χ3n) is 2.51. The highest BCUT2D eigenvalue weighted by Gasteiger charge is 2.21. The summed E-state index contributed by atoms with van der Waals surface area (Å²) in [5.41, 5.74) is 1.51. The van der Waals surface area contributed by atoms with E-state index in [0.717, 1.165) is 11.8 Å². The van der Waals surface area contributed by atoms with Gasteiger partial charge in [0.15, 0.2) is 0 Å². The zero-order chi connectivity index (χ0) is 18.0. The number of hydrogen-bond donors (Lipinski definition) is 2. The smallest absolute Gasteiger partial charge is 0.343 e. The number of benzene rings is 1. The van der Waals surface area contributed by atoms with Gasteiger partial charge in [-0.05, 0) is 17.0 Å². The van der Waals surface area contributed by atoms with Gasteiger partial charge >= 0.3 is 17.9 Å². The van der Waals surface area contributed by atoms with Gasteiger partial charge in [0.25, 0.3) is 0 Å². The van der Waals surface area contributed by atoms with Crippen molar-refractivity contribution in [1.82, 2.24) is 0 Å². The van der Waals surface area contributed by atoms with Crippen LogP contribution in [0.25, 0.3) is 0 Å². The molecule has 2 N–H and O–H groups in total. The van der Waals surface area contributed by atoms with Gasteiger partial charge in [0.05, 0.1) is 11.8 Å². The molecule has 0 saturated carbocycles. The largest absolute Gasteiger partial charge is 0.478 e. The number of esters is 1. The fourth-order valence-corrected chi connectivity index (χ4v) is 1.60. The van der Waals surface area contributed by atoms with Crippen molar-refractivity contribution in [3.63, 3.8) is 0 Å². The summed E-state index contributed by atoms with van der Waals surface area (Å²) in [7, 11) is 0. The van der Waals surface area contributed by atoms with Crippen LogP contribution < -0.4 is 0 Å². The topological polar surface area (TPSA) is 101 Å². The van der Waals surface area contributed by atoms with Crippen molar-refractivity contribution in [3.05, 3.63) is 60.4 Å². The normalized spacial score (nSPS) is 10.4. The van der Waals surface area contributed by atoms with Gasteiger partial charge in [-0.1, -0.05) is 45.5 Å². The summed E-state index contributed by atoms with van der Waals surface area (Å²) in [5, 5.41) is 15.6. The predicted octanol–water partition coefficient (Wildman–Crippen LogP) is 3.00. The van der Waals surface area contributed by atoms with Crippen molar-refractivity contribution in [1.29, 1.82) is 0 Å². The average molecular weight is 320 g/mol. The monoisotopic (exact) mass is 320 g/mol. The lowest BCUT2D eigenvalue weighted by Gasteiger charge is -2.21. The molecule has 1 aromatic rings. The summed E-state index contributed by atoms with van der Waals surface area (Å²) >= 11 is 0. The van der Waals surface area contributed by atoms with Gasteiger partial charge < -0.3 is 14.9 Å². The van der Waals surface area contributed by atoms with E-state index in [4.69, 9.17) is 14.9 Å². The van der Waals surface area contributed by atoms with Crippen LogP contribution in [0.4, 0.5) is 0 Å². The van der Waals surface area contributed by atoms with Crippen LogP contribution in [-0.2, 0) is 19.7 Å². The van der Waals surface area contributed by atoms with E-state index in [9.17, 15) is 14.4 Å². The standard InChI is InChI=1S/C13H16O2.C4H4O4/c1-5-15-12(14)10-8-6-7-9-11(10)13(2,3)4;5-3(6)1-2-4(7)8/h5-9H,1H2,2-4H3;1-2H,(H,5,6)(H,7,8). The second-order valence-corrected chi connectivity index (χ2v) is 5.38. The zero-order valence-electron chi connectivity index (χ0n) is 13.3. The van der Waals surface area contributed by atoms with Gasteiger partial charge in [0.1, 0.15) is 0 Å². The second-order valence-electron chi connectivity index (χ2n) is 5.38. The molecule has 0 spiro atoms. The Hall–Kier alpha value is -2.89. The van der Waals surface area contributed by atoms with Crippen LogP contribution in [0.3, 0.4) is 0 Å². The van der Waals surface area contributed by atoms with Crippen LogP contribution in [0.2, 0.25) is 0 Å². The summed E-state index contributed by atoms with van der Waals surface area (Å²) in [6.07, 6.45) is 2.27. The maximum Gasteiger partial charge on any atom is 0.343 e. The van der Waals surface area contributed by atoms with Crippen molar-refractivity contribution in [2.75, 3.05) is 0 Å². The number of carbonyl (C=O) groups excluding carboxylic acids is 1. The highest BCUT2D eigenvalue weighted by molar-refractivity contribution is 5.92. The summed E-state index contributed by atoms with van der Waals surface area (Å²) in [6.45, 7) is 9.56. The molecule has 0 aliphatic rings. The van der Waals surface area contributed by atoms with E-state index in [1.165, 1.54) is 0 Å². The molecule has 0 atom stereocenters. The molecule has 6 heteroatoms. The lowest BCUT2D eigenvalue weighted by molar-refractivity contribution is -0.134. The molecule has 1 rings (SSSR count). The summed E-state index contributed by atoms with van der Waals surface area (Å²) in [4.78, 5) is 30.7. The maximum absolute atomic E-state index is 11.6. The molecule has 0 radical (unpaired) electrons. The first-order valence-corrected chi connectivity index (χ1v) is 6.65. The van der Waals surface area contributed by atoms with Crippen LogP contribution in [-0.4, -0.2) is 28.1 Å². The first-order valence-electron chi connectivity index (χ1n) is 6.65. The van der Waals surface area contributed by atoms with Crippen LogP contribution >= 0.6 is 0 Å². The molecule has 0 saturated heterocycles. The fraction of sp³-hybridized carbons (Fsp3) is 0.235. The number of carboxylic acids is 2. The van der Waals surface area contributed by atoms with Gasteiger partial charge in [-0.2, -0.15) is 0 Å². The molecule has 23 heavy (non-hydrogen) atoms. The van der Waals surface area contributed by atoms with Gasteiger partial charge in [-0.3, -0.25) is 0 Å². The van der Waals surface area contributed by atoms with E-state index in [1.54, 1.807) is 6.07 Å². The van der Waals surface area contributed by atoms with Gasteiger partial charge in [0.2, 0.25) is 0 Å². The molecule has 0 aliphatic heterocycles. The number of aliphatic carboxylic acids is 2. The zero-order valence-corrected chi connectivity index (χ0v) is 13.3. The summed E-state index contributed by atoms with van der Waals surface area (Å²) in [5.74, 6) is -2.87. The summed E-state index contributed by atoms with van der Waals surface area (Å²) in [6, 6.07) is 7.46. The van der Waals surface area contributed by atoms with Crippen molar-refractivity contribution >= 4 is 17.9 Å². The average Bonchev–Trinajstić information content (AvgIpc) is 2.45. The first-order chi connectivity index (χ1) is 10.6. The fourth-order valence-electron chi connectivity index (χ4n) is 1.60. The van der Waals surface area contributed by atoms with Crippen LogP contribution in [0.1, 0.15) is 36.7 Å². The molecular formula is C17H20O6. The van der Waals surface area contributed by atoms with Crippen molar-refractivity contribution < 1.29 is 29.3 Å². The third kappa shape index (κ3) is 8.21. The molecule has 0 fully saturated rings. The number of rotatable bonds is 4. The van der Waals surface area contributed by atoms with Gasteiger partial charge in [-0.25, -0.2) is 14.4 Å². The minimum Gasteiger partial charge on any atom is -0.478 e. The minimum atomic E-state index is -1.26. The number of hydrogen-bond acceptors (Lipinski definition) is 4. The number of carbonyl (C=O) groups is 3. The Morgan fingerprint density at radius 2 is 1.52 bits per heavy atom. The quantitative estimate of drug-likeness (QED) is 0.502. The van der Waals surface area contributed by atoms with E-state index in [0.29, 0.717) is 17.7 Å². The molecule has 0 amide bonds. The number of ether oxygens (including phenoxy) is 1. The molecule has 0 heterocycles. The molecule has 6 nitrogen and oxygen atoms in total. The lowest BCUT2D eigenvalue weighted by Crippen LogP contribution is -2.17. The second kappa shape index (κ2) is 9.19. The Balaban J connectivity index is 0.000000515. The number of carboxylic acid groups (broad SMARTS) is 2. The highest BCUT2D eigenvalue weighted by Crippen LogP contribution is 2.26. The summed E-state index contributed by atoms with van der Waals surface area (Å²) < 4.78 is 4.79. The van der Waals surface area contributed by atoms with Gasteiger partial charge in [-0.15, -0.1) is 0 Å². The molecular weight excluding hydrogens is 300 g/mol. The SMILES string of the molecule is C=COC(=O)c1ccccc1C(C)(C)C.O=C(O)C=CC(=O)O. The van der Waals surface area contributed by atoms with E-state index in [2.05, 4.69) is 27.4 Å². The Bertz CT molecular complexity index is 592.